The summed E-state index contributed by atoms with van der Waals surface area (Å²) in [5, 5.41) is 12.8. The molecular weight excluding hydrogens is 278 g/mol. The number of amides is 1. The highest BCUT2D eigenvalue weighted by atomic mass is 32.1. The van der Waals surface area contributed by atoms with E-state index in [1.165, 1.54) is 0 Å². The fourth-order valence-corrected chi connectivity index (χ4v) is 3.30. The lowest BCUT2D eigenvalue weighted by Crippen LogP contribution is -2.44. The van der Waals surface area contributed by atoms with Crippen molar-refractivity contribution in [3.8, 4) is 0 Å². The van der Waals surface area contributed by atoms with Gasteiger partial charge in [0, 0.05) is 19.0 Å². The van der Waals surface area contributed by atoms with Crippen LogP contribution in [0, 0.1) is 0 Å². The van der Waals surface area contributed by atoms with Crippen molar-refractivity contribution in [3.63, 3.8) is 0 Å². The lowest BCUT2D eigenvalue weighted by atomic mass is 9.97. The van der Waals surface area contributed by atoms with Crippen molar-refractivity contribution in [2.45, 2.75) is 51.5 Å². The third-order valence-electron chi connectivity index (χ3n) is 3.66. The first-order valence-corrected chi connectivity index (χ1v) is 7.74. The quantitative estimate of drug-likeness (QED) is 0.898. The molecule has 0 saturated carbocycles. The average Bonchev–Trinajstić information content (AvgIpc) is 2.93. The Morgan fingerprint density at radius 1 is 1.45 bits per heavy atom. The maximum atomic E-state index is 12.6. The summed E-state index contributed by atoms with van der Waals surface area (Å²) in [5.41, 5.74) is 0.738. The highest BCUT2D eigenvalue weighted by Gasteiger charge is 2.30. The number of carboxylic acid groups (broad SMARTS) is 1. The van der Waals surface area contributed by atoms with E-state index in [2.05, 4.69) is 9.59 Å². The molecule has 0 radical (unpaired) electrons. The van der Waals surface area contributed by atoms with Gasteiger partial charge < -0.3 is 10.0 Å². The molecule has 2 rings (SSSR count). The van der Waals surface area contributed by atoms with Crippen LogP contribution >= 0.6 is 11.5 Å². The van der Waals surface area contributed by atoms with E-state index in [9.17, 15) is 9.59 Å². The second-order valence-corrected chi connectivity index (χ2v) is 5.74. The van der Waals surface area contributed by atoms with Crippen molar-refractivity contribution in [1.82, 2.24) is 14.5 Å². The highest BCUT2D eigenvalue weighted by Crippen LogP contribution is 2.25. The smallest absolute Gasteiger partial charge is 0.303 e. The molecule has 110 valence electrons. The van der Waals surface area contributed by atoms with Gasteiger partial charge in [-0.25, -0.2) is 0 Å². The van der Waals surface area contributed by atoms with E-state index in [1.54, 1.807) is 0 Å². The Labute approximate surface area is 122 Å². The van der Waals surface area contributed by atoms with Crippen LogP contribution in [0.4, 0.5) is 0 Å². The third-order valence-corrected chi connectivity index (χ3v) is 4.42. The summed E-state index contributed by atoms with van der Waals surface area (Å²) in [6.07, 6.45) is 4.22. The molecule has 1 aromatic heterocycles. The number of piperidine rings is 1. The number of likely N-dealkylation sites (tertiary alicyclic amines) is 1. The number of rotatable bonds is 5. The summed E-state index contributed by atoms with van der Waals surface area (Å²) in [4.78, 5) is 25.8. The Hall–Kier alpha value is -1.50. The number of nitrogens with zero attached hydrogens (tertiary/aromatic N) is 3. The van der Waals surface area contributed by atoms with Gasteiger partial charge in [-0.05, 0) is 43.6 Å². The van der Waals surface area contributed by atoms with E-state index in [0.29, 0.717) is 24.3 Å². The number of hydrogen-bond acceptors (Lipinski definition) is 5. The Kier molecular flexibility index (Phi) is 5.05. The fourth-order valence-electron chi connectivity index (χ4n) is 2.59. The van der Waals surface area contributed by atoms with E-state index in [4.69, 9.17) is 5.11 Å². The van der Waals surface area contributed by atoms with Gasteiger partial charge in [0.05, 0.1) is 5.69 Å². The topological polar surface area (TPSA) is 83.4 Å². The van der Waals surface area contributed by atoms with E-state index in [1.807, 2.05) is 11.8 Å². The van der Waals surface area contributed by atoms with Gasteiger partial charge in [-0.2, -0.15) is 0 Å². The van der Waals surface area contributed by atoms with Crippen LogP contribution in [0.5, 0.6) is 0 Å². The summed E-state index contributed by atoms with van der Waals surface area (Å²) in [6.45, 7) is 2.65. The highest BCUT2D eigenvalue weighted by molar-refractivity contribution is 7.08. The van der Waals surface area contributed by atoms with E-state index in [-0.39, 0.29) is 18.4 Å². The first kappa shape index (κ1) is 14.9. The molecule has 0 aliphatic carbocycles. The first-order valence-electron chi connectivity index (χ1n) is 6.97. The summed E-state index contributed by atoms with van der Waals surface area (Å²) in [5.74, 6) is -0.844. The number of aromatic nitrogens is 2. The van der Waals surface area contributed by atoms with Crippen molar-refractivity contribution in [3.05, 3.63) is 10.6 Å². The fraction of sp³-hybridized carbons (Fsp3) is 0.692. The summed E-state index contributed by atoms with van der Waals surface area (Å²) >= 11 is 1.13. The molecule has 1 saturated heterocycles. The Balaban J connectivity index is 2.11. The molecule has 1 unspecified atom stereocenters. The summed E-state index contributed by atoms with van der Waals surface area (Å²) in [7, 11) is 0. The van der Waals surface area contributed by atoms with Crippen LogP contribution in [0.3, 0.4) is 0 Å². The largest absolute Gasteiger partial charge is 0.481 e. The standard InChI is InChI=1S/C13H19N3O3S/c1-2-10-12(20-15-14-10)13(19)16-8-4-3-5-9(16)6-7-11(17)18/h9H,2-8H2,1H3,(H,17,18). The minimum atomic E-state index is -0.809. The normalized spacial score (nSPS) is 19.1. The zero-order valence-corrected chi connectivity index (χ0v) is 12.4. The number of carbonyl (C=O) groups is 2. The van der Waals surface area contributed by atoms with Crippen LogP contribution in [-0.4, -0.2) is 44.1 Å². The van der Waals surface area contributed by atoms with Crippen molar-refractivity contribution in [2.75, 3.05) is 6.54 Å². The molecule has 1 aliphatic rings. The van der Waals surface area contributed by atoms with Crippen molar-refractivity contribution in [2.24, 2.45) is 0 Å². The van der Waals surface area contributed by atoms with Crippen molar-refractivity contribution in [1.29, 1.82) is 0 Å². The van der Waals surface area contributed by atoms with Gasteiger partial charge in [-0.3, -0.25) is 9.59 Å². The zero-order valence-electron chi connectivity index (χ0n) is 11.5. The van der Waals surface area contributed by atoms with E-state index < -0.39 is 5.97 Å². The third kappa shape index (κ3) is 3.33. The minimum absolute atomic E-state index is 0.0270. The van der Waals surface area contributed by atoms with Gasteiger partial charge >= 0.3 is 5.97 Å². The van der Waals surface area contributed by atoms with Gasteiger partial charge in [0.25, 0.3) is 5.91 Å². The van der Waals surface area contributed by atoms with Crippen LogP contribution in [0.2, 0.25) is 0 Å². The number of aryl methyl sites for hydroxylation is 1. The number of carboxylic acids is 1. The van der Waals surface area contributed by atoms with Gasteiger partial charge in [0.2, 0.25) is 0 Å². The molecule has 1 aromatic rings. The second kappa shape index (κ2) is 6.78. The monoisotopic (exact) mass is 297 g/mol. The SMILES string of the molecule is CCc1nnsc1C(=O)N1CCCCC1CCC(=O)O. The molecule has 0 spiro atoms. The first-order chi connectivity index (χ1) is 9.63. The molecule has 1 atom stereocenters. The van der Waals surface area contributed by atoms with Crippen LogP contribution in [0.1, 0.15) is 54.4 Å². The van der Waals surface area contributed by atoms with Crippen LogP contribution in [-0.2, 0) is 11.2 Å². The van der Waals surface area contributed by atoms with Crippen molar-refractivity contribution >= 4 is 23.4 Å². The van der Waals surface area contributed by atoms with Crippen LogP contribution in [0.15, 0.2) is 0 Å². The molecule has 6 nitrogen and oxygen atoms in total. The van der Waals surface area contributed by atoms with Crippen LogP contribution < -0.4 is 0 Å². The molecule has 0 bridgehead atoms. The lowest BCUT2D eigenvalue weighted by Gasteiger charge is -2.35. The zero-order chi connectivity index (χ0) is 14.5. The molecule has 0 aromatic carbocycles. The Morgan fingerprint density at radius 3 is 2.95 bits per heavy atom. The molecule has 1 amide bonds. The van der Waals surface area contributed by atoms with Crippen molar-refractivity contribution < 1.29 is 14.7 Å². The molecule has 1 N–H and O–H groups in total. The molecule has 7 heteroatoms. The van der Waals surface area contributed by atoms with Crippen LogP contribution in [0.25, 0.3) is 0 Å². The summed E-state index contributed by atoms with van der Waals surface area (Å²) < 4.78 is 3.86. The molecular formula is C13H19N3O3S. The maximum absolute atomic E-state index is 12.6. The Bertz CT molecular complexity index is 489. The number of carbonyl (C=O) groups excluding carboxylic acids is 1. The molecule has 1 fully saturated rings. The van der Waals surface area contributed by atoms with Gasteiger partial charge in [-0.1, -0.05) is 11.4 Å². The number of aliphatic carboxylic acids is 1. The van der Waals surface area contributed by atoms with Gasteiger partial charge in [0.1, 0.15) is 4.88 Å². The summed E-state index contributed by atoms with van der Waals surface area (Å²) in [6, 6.07) is 0.0270. The second-order valence-electron chi connectivity index (χ2n) is 4.98. The predicted octanol–water partition coefficient (Wildman–Crippen LogP) is 1.96. The lowest BCUT2D eigenvalue weighted by molar-refractivity contribution is -0.137. The Morgan fingerprint density at radius 2 is 2.25 bits per heavy atom. The molecule has 20 heavy (non-hydrogen) atoms. The van der Waals surface area contributed by atoms with E-state index >= 15 is 0 Å². The molecule has 1 aliphatic heterocycles. The molecule has 2 heterocycles. The maximum Gasteiger partial charge on any atom is 0.303 e. The predicted molar refractivity (Wildman–Crippen MR) is 74.8 cm³/mol. The van der Waals surface area contributed by atoms with Gasteiger partial charge in [-0.15, -0.1) is 5.10 Å². The average molecular weight is 297 g/mol. The van der Waals surface area contributed by atoms with E-state index in [0.717, 1.165) is 36.5 Å². The minimum Gasteiger partial charge on any atom is -0.481 e. The number of hydrogen-bond donors (Lipinski definition) is 1. The van der Waals surface area contributed by atoms with Gasteiger partial charge in [0.15, 0.2) is 0 Å².